The van der Waals surface area contributed by atoms with Crippen molar-refractivity contribution in [3.63, 3.8) is 0 Å². The number of rotatable bonds is 5. The van der Waals surface area contributed by atoms with Crippen LogP contribution in [0.2, 0.25) is 0 Å². The van der Waals surface area contributed by atoms with E-state index in [9.17, 15) is 5.11 Å². The van der Waals surface area contributed by atoms with Crippen LogP contribution in [0, 0.1) is 0 Å². The number of aliphatic hydroxyl groups is 1. The van der Waals surface area contributed by atoms with Crippen LogP contribution in [0.3, 0.4) is 0 Å². The van der Waals surface area contributed by atoms with Crippen molar-refractivity contribution >= 4 is 0 Å². The van der Waals surface area contributed by atoms with Gasteiger partial charge in [-0.1, -0.05) is 37.3 Å². The number of likely N-dealkylation sites (N-methyl/N-ethyl adjacent to an activating group) is 1. The lowest BCUT2D eigenvalue weighted by Crippen LogP contribution is -2.46. The third kappa shape index (κ3) is 3.16. The maximum atomic E-state index is 9.84. The number of nitrogens with zero attached hydrogens (tertiary/aromatic N) is 1. The van der Waals surface area contributed by atoms with Crippen molar-refractivity contribution in [1.82, 2.24) is 4.90 Å². The van der Waals surface area contributed by atoms with Gasteiger partial charge in [-0.2, -0.15) is 0 Å². The zero-order valence-corrected chi connectivity index (χ0v) is 12.2. The smallest absolute Gasteiger partial charge is 0.0702 e. The summed E-state index contributed by atoms with van der Waals surface area (Å²) in [6.07, 6.45) is 1.36. The molecular formula is C16H25NO2. The number of ether oxygens (including phenoxy) is 1. The highest BCUT2D eigenvalue weighted by molar-refractivity contribution is 5.25. The maximum Gasteiger partial charge on any atom is 0.0702 e. The molecule has 1 fully saturated rings. The fraction of sp³-hybridized carbons (Fsp3) is 0.625. The summed E-state index contributed by atoms with van der Waals surface area (Å²) in [5, 5.41) is 9.84. The van der Waals surface area contributed by atoms with E-state index >= 15 is 0 Å². The predicted molar refractivity (Wildman–Crippen MR) is 77.3 cm³/mol. The van der Waals surface area contributed by atoms with E-state index in [1.165, 1.54) is 5.56 Å². The van der Waals surface area contributed by atoms with Crippen LogP contribution in [0.25, 0.3) is 0 Å². The van der Waals surface area contributed by atoms with Crippen molar-refractivity contribution in [1.29, 1.82) is 0 Å². The van der Waals surface area contributed by atoms with Crippen LogP contribution in [0.1, 0.15) is 25.8 Å². The first-order valence-corrected chi connectivity index (χ1v) is 7.05. The molecule has 0 spiro atoms. The van der Waals surface area contributed by atoms with Crippen LogP contribution >= 0.6 is 0 Å². The van der Waals surface area contributed by atoms with E-state index < -0.39 is 0 Å². The summed E-state index contributed by atoms with van der Waals surface area (Å²) in [4.78, 5) is 2.33. The highest BCUT2D eigenvalue weighted by Gasteiger charge is 2.33. The van der Waals surface area contributed by atoms with Gasteiger partial charge in [0.2, 0.25) is 0 Å². The molecule has 1 saturated heterocycles. The van der Waals surface area contributed by atoms with Crippen molar-refractivity contribution in [2.75, 3.05) is 26.8 Å². The molecule has 3 unspecified atom stereocenters. The fourth-order valence-electron chi connectivity index (χ4n) is 3.04. The Balaban J connectivity index is 2.10. The largest absolute Gasteiger partial charge is 0.395 e. The van der Waals surface area contributed by atoms with Gasteiger partial charge in [-0.25, -0.2) is 0 Å². The second kappa shape index (κ2) is 6.04. The van der Waals surface area contributed by atoms with Gasteiger partial charge in [-0.3, -0.25) is 4.90 Å². The first-order chi connectivity index (χ1) is 9.07. The van der Waals surface area contributed by atoms with Gasteiger partial charge in [0, 0.05) is 24.6 Å². The molecule has 1 aliphatic rings. The Morgan fingerprint density at radius 1 is 1.37 bits per heavy atom. The molecule has 0 aromatic heterocycles. The van der Waals surface area contributed by atoms with Gasteiger partial charge in [0.15, 0.2) is 0 Å². The van der Waals surface area contributed by atoms with Crippen molar-refractivity contribution in [2.24, 2.45) is 0 Å². The third-order valence-electron chi connectivity index (χ3n) is 4.32. The average molecular weight is 263 g/mol. The number of aliphatic hydroxyl groups excluding tert-OH is 1. The number of hydrogen-bond acceptors (Lipinski definition) is 3. The molecule has 1 aromatic carbocycles. The lowest BCUT2D eigenvalue weighted by molar-refractivity contribution is 0.0678. The molecule has 3 heteroatoms. The van der Waals surface area contributed by atoms with E-state index in [0.717, 1.165) is 19.6 Å². The Morgan fingerprint density at radius 2 is 2.05 bits per heavy atom. The second-order valence-corrected chi connectivity index (χ2v) is 5.93. The molecule has 1 heterocycles. The van der Waals surface area contributed by atoms with Gasteiger partial charge >= 0.3 is 0 Å². The molecule has 1 aliphatic heterocycles. The van der Waals surface area contributed by atoms with Gasteiger partial charge in [0.25, 0.3) is 0 Å². The van der Waals surface area contributed by atoms with E-state index in [1.807, 2.05) is 18.2 Å². The SMILES string of the molecule is CC1OCCC1N(C)CC(C)(CO)c1ccccc1. The second-order valence-electron chi connectivity index (χ2n) is 5.93. The minimum atomic E-state index is -0.224. The first kappa shape index (κ1) is 14.5. The Labute approximate surface area is 116 Å². The molecule has 1 aromatic rings. The molecule has 0 saturated carbocycles. The lowest BCUT2D eigenvalue weighted by Gasteiger charge is -2.36. The quantitative estimate of drug-likeness (QED) is 0.882. The van der Waals surface area contributed by atoms with E-state index in [0.29, 0.717) is 6.04 Å². The van der Waals surface area contributed by atoms with Crippen LogP contribution in [0.15, 0.2) is 30.3 Å². The summed E-state index contributed by atoms with van der Waals surface area (Å²) in [7, 11) is 2.13. The highest BCUT2D eigenvalue weighted by atomic mass is 16.5. The monoisotopic (exact) mass is 263 g/mol. The minimum absolute atomic E-state index is 0.156. The molecule has 0 radical (unpaired) electrons. The molecule has 1 N–H and O–H groups in total. The summed E-state index contributed by atoms with van der Waals surface area (Å²) < 4.78 is 5.64. The summed E-state index contributed by atoms with van der Waals surface area (Å²) in [6.45, 7) is 6.10. The van der Waals surface area contributed by atoms with Crippen LogP contribution in [0.4, 0.5) is 0 Å². The molecular weight excluding hydrogens is 238 g/mol. The Morgan fingerprint density at radius 3 is 2.58 bits per heavy atom. The molecule has 19 heavy (non-hydrogen) atoms. The summed E-state index contributed by atoms with van der Waals surface area (Å²) in [6, 6.07) is 10.7. The average Bonchev–Trinajstić information content (AvgIpc) is 2.86. The van der Waals surface area contributed by atoms with E-state index in [1.54, 1.807) is 0 Å². The number of hydrogen-bond donors (Lipinski definition) is 1. The lowest BCUT2D eigenvalue weighted by atomic mass is 9.82. The first-order valence-electron chi connectivity index (χ1n) is 7.05. The zero-order valence-electron chi connectivity index (χ0n) is 12.2. The van der Waals surface area contributed by atoms with E-state index in [-0.39, 0.29) is 18.1 Å². The minimum Gasteiger partial charge on any atom is -0.395 e. The van der Waals surface area contributed by atoms with Crippen molar-refractivity contribution in [3.8, 4) is 0 Å². The Kier molecular flexibility index (Phi) is 4.61. The zero-order chi connectivity index (χ0) is 13.9. The Hall–Kier alpha value is -0.900. The van der Waals surface area contributed by atoms with Crippen LogP contribution in [-0.4, -0.2) is 49.0 Å². The molecule has 106 valence electrons. The third-order valence-corrected chi connectivity index (χ3v) is 4.32. The summed E-state index contributed by atoms with van der Waals surface area (Å²) >= 11 is 0. The van der Waals surface area contributed by atoms with Gasteiger partial charge in [-0.05, 0) is 26.0 Å². The summed E-state index contributed by atoms with van der Waals surface area (Å²) in [5.41, 5.74) is 0.967. The van der Waals surface area contributed by atoms with E-state index in [4.69, 9.17) is 4.74 Å². The van der Waals surface area contributed by atoms with Crippen molar-refractivity contribution in [3.05, 3.63) is 35.9 Å². The molecule has 0 bridgehead atoms. The molecule has 3 nitrogen and oxygen atoms in total. The van der Waals surface area contributed by atoms with Gasteiger partial charge in [-0.15, -0.1) is 0 Å². The van der Waals surface area contributed by atoms with Crippen LogP contribution < -0.4 is 0 Å². The van der Waals surface area contributed by atoms with Gasteiger partial charge in [0.1, 0.15) is 0 Å². The standard InChI is InChI=1S/C16H25NO2/c1-13-15(9-10-19-13)17(3)11-16(2,12-18)14-7-5-4-6-8-14/h4-8,13,15,18H,9-12H2,1-3H3. The fourth-order valence-corrected chi connectivity index (χ4v) is 3.04. The van der Waals surface area contributed by atoms with Gasteiger partial charge in [0.05, 0.1) is 12.7 Å². The van der Waals surface area contributed by atoms with Crippen LogP contribution in [-0.2, 0) is 10.2 Å². The summed E-state index contributed by atoms with van der Waals surface area (Å²) in [5.74, 6) is 0. The van der Waals surface area contributed by atoms with Crippen molar-refractivity contribution in [2.45, 2.75) is 37.8 Å². The maximum absolute atomic E-state index is 9.84. The topological polar surface area (TPSA) is 32.7 Å². The van der Waals surface area contributed by atoms with Crippen LogP contribution in [0.5, 0.6) is 0 Å². The normalized spacial score (nSPS) is 26.6. The Bertz CT molecular complexity index is 395. The van der Waals surface area contributed by atoms with E-state index in [2.05, 4.69) is 37.9 Å². The molecule has 0 amide bonds. The van der Waals surface area contributed by atoms with Crippen molar-refractivity contribution < 1.29 is 9.84 Å². The highest BCUT2D eigenvalue weighted by Crippen LogP contribution is 2.27. The number of benzene rings is 1. The predicted octanol–water partition coefficient (Wildman–Crippen LogP) is 2.05. The molecule has 2 rings (SSSR count). The molecule has 3 atom stereocenters. The molecule has 0 aliphatic carbocycles. The van der Waals surface area contributed by atoms with Gasteiger partial charge < -0.3 is 9.84 Å².